The summed E-state index contributed by atoms with van der Waals surface area (Å²) < 4.78 is 4.42. The third kappa shape index (κ3) is 17.8. The molecule has 6 nitrogen and oxygen atoms in total. The largest absolute Gasteiger partial charge is 0.429 e. The molecule has 0 aliphatic carbocycles. The molecular formula is C15H25NO5. The highest BCUT2D eigenvalue weighted by molar-refractivity contribution is 5.76. The maximum Gasteiger partial charge on any atom is 0.298 e. The van der Waals surface area contributed by atoms with Gasteiger partial charge < -0.3 is 9.53 Å². The molecule has 1 amide bonds. The first kappa shape index (κ1) is 23.9. The van der Waals surface area contributed by atoms with Crippen molar-refractivity contribution in [3.8, 4) is 0 Å². The van der Waals surface area contributed by atoms with Gasteiger partial charge in [-0.15, -0.1) is 0 Å². The Morgan fingerprint density at radius 3 is 2.14 bits per heavy atom. The van der Waals surface area contributed by atoms with Crippen LogP contribution in [0.5, 0.6) is 0 Å². The molecule has 0 fully saturated rings. The van der Waals surface area contributed by atoms with Crippen LogP contribution in [0.25, 0.3) is 0 Å². The molecule has 0 aliphatic heterocycles. The highest BCUT2D eigenvalue weighted by Gasteiger charge is 2.05. The van der Waals surface area contributed by atoms with Gasteiger partial charge in [-0.05, 0) is 12.2 Å². The Balaban J connectivity index is -0.000000277. The quantitative estimate of drug-likeness (QED) is 0.298. The summed E-state index contributed by atoms with van der Waals surface area (Å²) in [6, 6.07) is 0. The lowest BCUT2D eigenvalue weighted by atomic mass is 10.3. The van der Waals surface area contributed by atoms with E-state index >= 15 is 0 Å². The van der Waals surface area contributed by atoms with E-state index in [9.17, 15) is 14.4 Å². The Kier molecular flexibility index (Phi) is 22.8. The van der Waals surface area contributed by atoms with Crippen molar-refractivity contribution in [2.75, 3.05) is 14.2 Å². The molecule has 0 aliphatic rings. The summed E-state index contributed by atoms with van der Waals surface area (Å²) >= 11 is 0. The number of ether oxygens (including phenoxy) is 1. The van der Waals surface area contributed by atoms with Crippen LogP contribution < -0.4 is 0 Å². The van der Waals surface area contributed by atoms with Crippen LogP contribution in [-0.2, 0) is 24.0 Å². The molecule has 0 saturated carbocycles. The summed E-state index contributed by atoms with van der Waals surface area (Å²) in [6.07, 6.45) is 5.67. The van der Waals surface area contributed by atoms with E-state index in [0.717, 1.165) is 5.06 Å². The number of hydroxylamine groups is 2. The summed E-state index contributed by atoms with van der Waals surface area (Å²) in [7, 11) is 2.91. The van der Waals surface area contributed by atoms with Crippen LogP contribution in [0, 0.1) is 0 Å². The van der Waals surface area contributed by atoms with Crippen molar-refractivity contribution in [2.45, 2.75) is 26.7 Å². The molecule has 21 heavy (non-hydrogen) atoms. The fourth-order valence-corrected chi connectivity index (χ4v) is 0.769. The van der Waals surface area contributed by atoms with Crippen LogP contribution in [0.3, 0.4) is 0 Å². The monoisotopic (exact) mass is 299 g/mol. The second-order valence-electron chi connectivity index (χ2n) is 3.00. The fourth-order valence-electron chi connectivity index (χ4n) is 0.769. The fraction of sp³-hybridized carbons (Fsp3) is 0.400. The van der Waals surface area contributed by atoms with Crippen molar-refractivity contribution >= 4 is 18.7 Å². The first-order chi connectivity index (χ1) is 10.1. The van der Waals surface area contributed by atoms with Gasteiger partial charge in [0, 0.05) is 19.9 Å². The minimum absolute atomic E-state index is 0.186. The van der Waals surface area contributed by atoms with E-state index in [1.54, 1.807) is 6.08 Å². The zero-order valence-electron chi connectivity index (χ0n) is 13.2. The normalized spacial score (nSPS) is 8.86. The summed E-state index contributed by atoms with van der Waals surface area (Å²) in [5, 5.41) is 1.10. The van der Waals surface area contributed by atoms with Gasteiger partial charge >= 0.3 is 0 Å². The second-order valence-corrected chi connectivity index (χ2v) is 3.00. The van der Waals surface area contributed by atoms with Crippen molar-refractivity contribution < 1.29 is 24.0 Å². The topological polar surface area (TPSA) is 72.9 Å². The lowest BCUT2D eigenvalue weighted by Crippen LogP contribution is -2.24. The Morgan fingerprint density at radius 1 is 1.24 bits per heavy atom. The summed E-state index contributed by atoms with van der Waals surface area (Å²) in [6.45, 7) is 11.2. The number of allylic oxidation sites excluding steroid dienone is 3. The van der Waals surface area contributed by atoms with E-state index in [4.69, 9.17) is 0 Å². The van der Waals surface area contributed by atoms with E-state index in [-0.39, 0.29) is 18.7 Å². The summed E-state index contributed by atoms with van der Waals surface area (Å²) in [5.41, 5.74) is 0. The Bertz CT molecular complexity index is 337. The molecule has 0 aromatic heterocycles. The minimum Gasteiger partial charge on any atom is -0.429 e. The molecule has 0 N–H and O–H groups in total. The van der Waals surface area contributed by atoms with Crippen molar-refractivity contribution in [1.82, 2.24) is 5.06 Å². The lowest BCUT2D eigenvalue weighted by molar-refractivity contribution is -0.168. The summed E-state index contributed by atoms with van der Waals surface area (Å²) in [4.78, 5) is 34.9. The zero-order valence-corrected chi connectivity index (χ0v) is 13.2. The number of hydrogen-bond acceptors (Lipinski definition) is 5. The third-order valence-electron chi connectivity index (χ3n) is 1.77. The van der Waals surface area contributed by atoms with E-state index in [1.165, 1.54) is 26.3 Å². The molecule has 0 heterocycles. The van der Waals surface area contributed by atoms with Crippen LogP contribution in [0.2, 0.25) is 0 Å². The molecule has 0 saturated heterocycles. The number of aldehydes is 1. The van der Waals surface area contributed by atoms with Crippen molar-refractivity contribution in [3.05, 3.63) is 37.1 Å². The molecule has 0 aromatic carbocycles. The highest BCUT2D eigenvalue weighted by Crippen LogP contribution is 1.94. The minimum atomic E-state index is -0.186. The molecule has 0 aromatic rings. The maximum absolute atomic E-state index is 10.8. The SMILES string of the molecule is C=C/C=C(\C=C)OC=O.CC.CON(C)C(=O)CCC=O. The average Bonchev–Trinajstić information content (AvgIpc) is 2.53. The molecule has 0 unspecified atom stereocenters. The van der Waals surface area contributed by atoms with Gasteiger partial charge in [-0.1, -0.05) is 33.1 Å². The van der Waals surface area contributed by atoms with E-state index in [0.29, 0.717) is 18.5 Å². The van der Waals surface area contributed by atoms with Gasteiger partial charge in [0.25, 0.3) is 6.47 Å². The number of carbonyl (C=O) groups is 3. The molecule has 0 atom stereocenters. The van der Waals surface area contributed by atoms with Crippen molar-refractivity contribution in [2.24, 2.45) is 0 Å². The van der Waals surface area contributed by atoms with Gasteiger partial charge in [-0.25, -0.2) is 5.06 Å². The summed E-state index contributed by atoms with van der Waals surface area (Å²) in [5.74, 6) is 0.217. The van der Waals surface area contributed by atoms with Gasteiger partial charge in [0.05, 0.1) is 7.11 Å². The van der Waals surface area contributed by atoms with E-state index < -0.39 is 0 Å². The molecule has 0 radical (unpaired) electrons. The predicted octanol–water partition coefficient (Wildman–Crippen LogP) is 2.43. The molecule has 6 heteroatoms. The number of hydrogen-bond donors (Lipinski definition) is 0. The maximum atomic E-state index is 10.8. The van der Waals surface area contributed by atoms with Gasteiger partial charge in [0.1, 0.15) is 12.0 Å². The lowest BCUT2D eigenvalue weighted by Gasteiger charge is -2.11. The number of rotatable bonds is 8. The first-order valence-corrected chi connectivity index (χ1v) is 6.37. The number of nitrogens with zero attached hydrogens (tertiary/aromatic N) is 1. The van der Waals surface area contributed by atoms with Gasteiger partial charge in [0.15, 0.2) is 0 Å². The van der Waals surface area contributed by atoms with Crippen LogP contribution in [0.1, 0.15) is 26.7 Å². The smallest absolute Gasteiger partial charge is 0.298 e. The predicted molar refractivity (Wildman–Crippen MR) is 82.1 cm³/mol. The van der Waals surface area contributed by atoms with Crippen LogP contribution >= 0.6 is 0 Å². The van der Waals surface area contributed by atoms with Crippen LogP contribution in [-0.4, -0.2) is 37.9 Å². The van der Waals surface area contributed by atoms with Gasteiger partial charge in [-0.3, -0.25) is 14.4 Å². The van der Waals surface area contributed by atoms with Crippen molar-refractivity contribution in [3.63, 3.8) is 0 Å². The van der Waals surface area contributed by atoms with E-state index in [1.807, 2.05) is 13.8 Å². The van der Waals surface area contributed by atoms with Gasteiger partial charge in [-0.2, -0.15) is 0 Å². The zero-order chi connectivity index (χ0) is 17.1. The Labute approximate surface area is 126 Å². The number of carbonyl (C=O) groups excluding carboxylic acids is 3. The van der Waals surface area contributed by atoms with Crippen molar-refractivity contribution in [1.29, 1.82) is 0 Å². The van der Waals surface area contributed by atoms with Crippen LogP contribution in [0.15, 0.2) is 37.1 Å². The molecular weight excluding hydrogens is 274 g/mol. The molecule has 0 bridgehead atoms. The van der Waals surface area contributed by atoms with Gasteiger partial charge in [0.2, 0.25) is 5.91 Å². The third-order valence-corrected chi connectivity index (χ3v) is 1.77. The number of amides is 1. The highest BCUT2D eigenvalue weighted by atomic mass is 16.7. The molecule has 120 valence electrons. The van der Waals surface area contributed by atoms with E-state index in [2.05, 4.69) is 22.7 Å². The molecule has 0 rings (SSSR count). The Hall–Kier alpha value is -2.21. The first-order valence-electron chi connectivity index (χ1n) is 6.37. The standard InChI is InChI=1S/C7H8O2.C6H11NO3.C2H6/c1-3-5-7(4-2)9-6-8;1-7(10-2)6(9)4-3-5-8;1-2/h3-6H,1-2H2;5H,3-4H2,1-2H3;1-2H3/b7-5+;;. The second kappa shape index (κ2) is 20.1. The van der Waals surface area contributed by atoms with Crippen LogP contribution in [0.4, 0.5) is 0 Å². The average molecular weight is 299 g/mol. The Morgan fingerprint density at radius 2 is 1.81 bits per heavy atom. The molecule has 0 spiro atoms.